The van der Waals surface area contributed by atoms with Gasteiger partial charge in [-0.3, -0.25) is 14.9 Å². The van der Waals surface area contributed by atoms with E-state index in [0.717, 1.165) is 24.3 Å². The molecule has 7 nitrogen and oxygen atoms in total. The fraction of sp³-hybridized carbons (Fsp3) is 0.500. The molecule has 1 atom stereocenters. The van der Waals surface area contributed by atoms with Gasteiger partial charge in [0.15, 0.2) is 0 Å². The molecule has 1 heterocycles. The van der Waals surface area contributed by atoms with Gasteiger partial charge in [-0.2, -0.15) is 0 Å². The predicted octanol–water partition coefficient (Wildman–Crippen LogP) is 2.10. The molecule has 0 aliphatic carbocycles. The summed E-state index contributed by atoms with van der Waals surface area (Å²) in [4.78, 5) is 37.2. The van der Waals surface area contributed by atoms with E-state index in [4.69, 9.17) is 0 Å². The van der Waals surface area contributed by atoms with Gasteiger partial charge in [-0.15, -0.1) is 0 Å². The van der Waals surface area contributed by atoms with E-state index >= 15 is 0 Å². The van der Waals surface area contributed by atoms with Gasteiger partial charge in [-0.1, -0.05) is 13.8 Å². The number of carbonyl (C=O) groups excluding carboxylic acids is 3. The molecule has 25 heavy (non-hydrogen) atoms. The van der Waals surface area contributed by atoms with Crippen LogP contribution in [0, 0.1) is 5.92 Å². The molecule has 136 valence electrons. The van der Waals surface area contributed by atoms with Crippen LogP contribution in [0.25, 0.3) is 0 Å². The van der Waals surface area contributed by atoms with Gasteiger partial charge >= 0.3 is 6.03 Å². The lowest BCUT2D eigenvalue weighted by Gasteiger charge is -2.18. The van der Waals surface area contributed by atoms with Crippen LogP contribution < -0.4 is 20.9 Å². The first-order valence-electron chi connectivity index (χ1n) is 8.62. The van der Waals surface area contributed by atoms with Crippen LogP contribution >= 0.6 is 0 Å². The molecule has 1 unspecified atom stereocenters. The van der Waals surface area contributed by atoms with Crippen LogP contribution in [0.3, 0.4) is 0 Å². The fourth-order valence-corrected chi connectivity index (χ4v) is 2.54. The summed E-state index contributed by atoms with van der Waals surface area (Å²) in [5.41, 5.74) is 1.61. The van der Waals surface area contributed by atoms with Gasteiger partial charge < -0.3 is 15.5 Å². The van der Waals surface area contributed by atoms with Gasteiger partial charge in [0.1, 0.15) is 6.04 Å². The molecule has 1 aromatic carbocycles. The lowest BCUT2D eigenvalue weighted by atomic mass is 10.2. The molecule has 1 saturated heterocycles. The van der Waals surface area contributed by atoms with Gasteiger partial charge in [0.05, 0.1) is 0 Å². The zero-order valence-corrected chi connectivity index (χ0v) is 15.0. The standard InChI is InChI=1S/C18H26N4O3/c1-12(2)11-19-18(25)21-17(24)13(3)20-14-6-8-15(9-7-14)22-10-4-5-16(22)23/h6-9,12-13,20H,4-5,10-11H2,1-3H3,(H2,19,21,24,25). The molecule has 0 radical (unpaired) electrons. The summed E-state index contributed by atoms with van der Waals surface area (Å²) in [6.45, 7) is 6.90. The molecule has 1 aromatic rings. The zero-order chi connectivity index (χ0) is 18.4. The highest BCUT2D eigenvalue weighted by molar-refractivity contribution is 5.98. The highest BCUT2D eigenvalue weighted by atomic mass is 16.2. The van der Waals surface area contributed by atoms with Crippen LogP contribution in [-0.2, 0) is 9.59 Å². The smallest absolute Gasteiger partial charge is 0.321 e. The van der Waals surface area contributed by atoms with Crippen LogP contribution in [0.2, 0.25) is 0 Å². The molecule has 1 aliphatic rings. The molecular formula is C18H26N4O3. The summed E-state index contributed by atoms with van der Waals surface area (Å²) >= 11 is 0. The Bertz CT molecular complexity index is 628. The molecular weight excluding hydrogens is 320 g/mol. The topological polar surface area (TPSA) is 90.5 Å². The minimum absolute atomic E-state index is 0.140. The Kier molecular flexibility index (Phi) is 6.38. The molecule has 2 rings (SSSR count). The SMILES string of the molecule is CC(C)CNC(=O)NC(=O)C(C)Nc1ccc(N2CCCC2=O)cc1. The Balaban J connectivity index is 1.85. The molecule has 1 fully saturated rings. The minimum atomic E-state index is -0.566. The maximum atomic E-state index is 12.0. The van der Waals surface area contributed by atoms with Gasteiger partial charge in [-0.05, 0) is 43.5 Å². The summed E-state index contributed by atoms with van der Waals surface area (Å²) < 4.78 is 0. The quantitative estimate of drug-likeness (QED) is 0.736. The van der Waals surface area contributed by atoms with Crippen molar-refractivity contribution >= 4 is 29.2 Å². The third kappa shape index (κ3) is 5.48. The Labute approximate surface area is 148 Å². The van der Waals surface area contributed by atoms with Crippen LogP contribution in [0.5, 0.6) is 0 Å². The largest absolute Gasteiger partial charge is 0.374 e. The van der Waals surface area contributed by atoms with E-state index in [0.29, 0.717) is 18.9 Å². The van der Waals surface area contributed by atoms with E-state index in [1.165, 1.54) is 0 Å². The minimum Gasteiger partial charge on any atom is -0.374 e. The maximum absolute atomic E-state index is 12.0. The second-order valence-electron chi connectivity index (χ2n) is 6.65. The van der Waals surface area contributed by atoms with Crippen LogP contribution in [0.1, 0.15) is 33.6 Å². The van der Waals surface area contributed by atoms with Crippen LogP contribution in [-0.4, -0.2) is 37.0 Å². The van der Waals surface area contributed by atoms with E-state index < -0.39 is 18.0 Å². The number of hydrogen-bond donors (Lipinski definition) is 3. The van der Waals surface area contributed by atoms with Gasteiger partial charge in [0, 0.05) is 30.9 Å². The van der Waals surface area contributed by atoms with Gasteiger partial charge in [-0.25, -0.2) is 4.79 Å². The molecule has 4 amide bonds. The lowest BCUT2D eigenvalue weighted by molar-refractivity contribution is -0.120. The number of hydrogen-bond acceptors (Lipinski definition) is 4. The van der Waals surface area contributed by atoms with Gasteiger partial charge in [0.25, 0.3) is 0 Å². The number of imide groups is 1. The summed E-state index contributed by atoms with van der Waals surface area (Å²) in [6.07, 6.45) is 1.48. The number of carbonyl (C=O) groups is 3. The van der Waals surface area contributed by atoms with Crippen molar-refractivity contribution < 1.29 is 14.4 Å². The number of rotatable bonds is 6. The van der Waals surface area contributed by atoms with Gasteiger partial charge in [0.2, 0.25) is 11.8 Å². The van der Waals surface area contributed by atoms with Crippen molar-refractivity contribution in [2.24, 2.45) is 5.92 Å². The molecule has 0 saturated carbocycles. The Morgan fingerprint density at radius 2 is 1.84 bits per heavy atom. The second-order valence-corrected chi connectivity index (χ2v) is 6.65. The summed E-state index contributed by atoms with van der Waals surface area (Å²) in [5.74, 6) is 0.0540. The third-order valence-electron chi connectivity index (χ3n) is 3.94. The Morgan fingerprint density at radius 3 is 2.40 bits per heavy atom. The summed E-state index contributed by atoms with van der Waals surface area (Å²) in [6, 6.07) is 6.30. The van der Waals surface area contributed by atoms with Crippen molar-refractivity contribution in [2.75, 3.05) is 23.3 Å². The number of urea groups is 1. The fourth-order valence-electron chi connectivity index (χ4n) is 2.54. The second kappa shape index (κ2) is 8.50. The number of benzene rings is 1. The number of amides is 4. The molecule has 1 aliphatic heterocycles. The van der Waals surface area contributed by atoms with Crippen molar-refractivity contribution in [3.63, 3.8) is 0 Å². The van der Waals surface area contributed by atoms with E-state index in [2.05, 4.69) is 16.0 Å². The van der Waals surface area contributed by atoms with Crippen LogP contribution in [0.4, 0.5) is 16.2 Å². The summed E-state index contributed by atoms with van der Waals surface area (Å²) in [7, 11) is 0. The van der Waals surface area contributed by atoms with Crippen molar-refractivity contribution in [3.05, 3.63) is 24.3 Å². The normalized spacial score (nSPS) is 15.2. The molecule has 7 heteroatoms. The number of nitrogens with zero attached hydrogens (tertiary/aromatic N) is 1. The first kappa shape index (κ1) is 18.8. The molecule has 0 spiro atoms. The Hall–Kier alpha value is -2.57. The highest BCUT2D eigenvalue weighted by Gasteiger charge is 2.21. The van der Waals surface area contributed by atoms with Crippen molar-refractivity contribution in [2.45, 2.75) is 39.7 Å². The predicted molar refractivity (Wildman–Crippen MR) is 97.5 cm³/mol. The summed E-state index contributed by atoms with van der Waals surface area (Å²) in [5, 5.41) is 8.00. The number of nitrogens with one attached hydrogen (secondary N) is 3. The maximum Gasteiger partial charge on any atom is 0.321 e. The van der Waals surface area contributed by atoms with E-state index in [9.17, 15) is 14.4 Å². The van der Waals surface area contributed by atoms with E-state index in [1.807, 2.05) is 38.1 Å². The molecule has 3 N–H and O–H groups in total. The van der Waals surface area contributed by atoms with Crippen molar-refractivity contribution in [1.82, 2.24) is 10.6 Å². The monoisotopic (exact) mass is 346 g/mol. The average Bonchev–Trinajstić information content (AvgIpc) is 2.99. The first-order chi connectivity index (χ1) is 11.9. The first-order valence-corrected chi connectivity index (χ1v) is 8.62. The molecule has 0 bridgehead atoms. The highest BCUT2D eigenvalue weighted by Crippen LogP contribution is 2.23. The number of anilines is 2. The lowest BCUT2D eigenvalue weighted by Crippen LogP contribution is -2.46. The van der Waals surface area contributed by atoms with Crippen LogP contribution in [0.15, 0.2) is 24.3 Å². The third-order valence-corrected chi connectivity index (χ3v) is 3.94. The van der Waals surface area contributed by atoms with Crippen molar-refractivity contribution in [1.29, 1.82) is 0 Å². The van der Waals surface area contributed by atoms with E-state index in [1.54, 1.807) is 11.8 Å². The van der Waals surface area contributed by atoms with E-state index in [-0.39, 0.29) is 5.91 Å². The van der Waals surface area contributed by atoms with Crippen molar-refractivity contribution in [3.8, 4) is 0 Å². The Morgan fingerprint density at radius 1 is 1.16 bits per heavy atom. The molecule has 0 aromatic heterocycles. The average molecular weight is 346 g/mol. The zero-order valence-electron chi connectivity index (χ0n) is 15.0.